The van der Waals surface area contributed by atoms with Gasteiger partial charge < -0.3 is 5.11 Å². The highest BCUT2D eigenvalue weighted by atomic mass is 16.3. The van der Waals surface area contributed by atoms with Crippen LogP contribution < -0.4 is 0 Å². The highest BCUT2D eigenvalue weighted by Gasteiger charge is 2.40. The third kappa shape index (κ3) is 2.08. The van der Waals surface area contributed by atoms with Crippen LogP contribution >= 0.6 is 0 Å². The van der Waals surface area contributed by atoms with E-state index in [1.54, 1.807) is 0 Å². The first-order valence-electron chi connectivity index (χ1n) is 7.13. The summed E-state index contributed by atoms with van der Waals surface area (Å²) in [5.41, 5.74) is 2.48. The molecule has 4 heteroatoms. The molecule has 2 unspecified atom stereocenters. The lowest BCUT2D eigenvalue weighted by Crippen LogP contribution is -2.44. The van der Waals surface area contributed by atoms with Gasteiger partial charge in [-0.25, -0.2) is 0 Å². The maximum Gasteiger partial charge on any atom is 0.0625 e. The smallest absolute Gasteiger partial charge is 0.0625 e. The van der Waals surface area contributed by atoms with Gasteiger partial charge in [-0.15, -0.1) is 0 Å². The van der Waals surface area contributed by atoms with Crippen molar-refractivity contribution in [2.45, 2.75) is 63.8 Å². The highest BCUT2D eigenvalue weighted by Crippen LogP contribution is 2.36. The lowest BCUT2D eigenvalue weighted by atomic mass is 10.00. The molecule has 4 nitrogen and oxygen atoms in total. The van der Waals surface area contributed by atoms with Crippen molar-refractivity contribution in [2.24, 2.45) is 7.05 Å². The average Bonchev–Trinajstić information content (AvgIpc) is 2.80. The summed E-state index contributed by atoms with van der Waals surface area (Å²) in [6.45, 7) is 3.14. The van der Waals surface area contributed by atoms with Crippen LogP contribution in [0.1, 0.15) is 44.0 Å². The number of aliphatic hydroxyl groups excluding tert-OH is 1. The SMILES string of the molecule is CCc1cc(CN2C3CCC2CC(O)C3)n(C)n1. The van der Waals surface area contributed by atoms with Crippen molar-refractivity contribution in [3.05, 3.63) is 17.5 Å². The second-order valence-electron chi connectivity index (χ2n) is 5.79. The average molecular weight is 249 g/mol. The van der Waals surface area contributed by atoms with Crippen molar-refractivity contribution in [3.8, 4) is 0 Å². The second kappa shape index (κ2) is 4.67. The van der Waals surface area contributed by atoms with Gasteiger partial charge in [0.25, 0.3) is 0 Å². The predicted octanol–water partition coefficient (Wildman–Crippen LogP) is 1.47. The van der Waals surface area contributed by atoms with Crippen LogP contribution in [0.15, 0.2) is 6.07 Å². The van der Waals surface area contributed by atoms with Gasteiger partial charge in [0.05, 0.1) is 17.5 Å². The molecule has 18 heavy (non-hydrogen) atoms. The van der Waals surface area contributed by atoms with Crippen molar-refractivity contribution >= 4 is 0 Å². The quantitative estimate of drug-likeness (QED) is 0.882. The van der Waals surface area contributed by atoms with Crippen molar-refractivity contribution in [3.63, 3.8) is 0 Å². The lowest BCUT2D eigenvalue weighted by Gasteiger charge is -2.37. The van der Waals surface area contributed by atoms with Crippen LogP contribution in [-0.2, 0) is 20.0 Å². The molecule has 2 saturated heterocycles. The normalized spacial score (nSPS) is 32.1. The molecule has 1 aromatic heterocycles. The Morgan fingerprint density at radius 2 is 2.00 bits per heavy atom. The molecule has 2 aliphatic rings. The first-order chi connectivity index (χ1) is 8.67. The number of hydrogen-bond donors (Lipinski definition) is 1. The number of aryl methyl sites for hydroxylation is 2. The van der Waals surface area contributed by atoms with E-state index in [-0.39, 0.29) is 6.10 Å². The summed E-state index contributed by atoms with van der Waals surface area (Å²) in [4.78, 5) is 2.59. The van der Waals surface area contributed by atoms with Gasteiger partial charge in [0.1, 0.15) is 0 Å². The largest absolute Gasteiger partial charge is 0.393 e. The second-order valence-corrected chi connectivity index (χ2v) is 5.79. The molecule has 2 bridgehead atoms. The van der Waals surface area contributed by atoms with Gasteiger partial charge >= 0.3 is 0 Å². The zero-order valence-electron chi connectivity index (χ0n) is 11.3. The minimum atomic E-state index is -0.0727. The van der Waals surface area contributed by atoms with Gasteiger partial charge in [0, 0.05) is 25.7 Å². The van der Waals surface area contributed by atoms with Crippen molar-refractivity contribution in [1.82, 2.24) is 14.7 Å². The van der Waals surface area contributed by atoms with Gasteiger partial charge in [-0.3, -0.25) is 9.58 Å². The molecule has 0 amide bonds. The minimum Gasteiger partial charge on any atom is -0.393 e. The fourth-order valence-corrected chi connectivity index (χ4v) is 3.58. The monoisotopic (exact) mass is 249 g/mol. The molecule has 0 aliphatic carbocycles. The Hall–Kier alpha value is -0.870. The summed E-state index contributed by atoms with van der Waals surface area (Å²) in [6.07, 6.45) is 5.33. The predicted molar refractivity (Wildman–Crippen MR) is 70.2 cm³/mol. The summed E-state index contributed by atoms with van der Waals surface area (Å²) < 4.78 is 2.02. The Bertz CT molecular complexity index is 415. The van der Waals surface area contributed by atoms with Crippen LogP contribution in [-0.4, -0.2) is 38.0 Å². The summed E-state index contributed by atoms with van der Waals surface area (Å²) in [5.74, 6) is 0. The summed E-state index contributed by atoms with van der Waals surface area (Å²) in [6, 6.07) is 3.39. The molecule has 0 aromatic carbocycles. The Morgan fingerprint density at radius 3 is 2.56 bits per heavy atom. The molecular formula is C14H23N3O. The van der Waals surface area contributed by atoms with Crippen LogP contribution in [0.3, 0.4) is 0 Å². The Balaban J connectivity index is 1.75. The summed E-state index contributed by atoms with van der Waals surface area (Å²) in [5, 5.41) is 14.3. The molecule has 2 aliphatic heterocycles. The molecule has 1 N–H and O–H groups in total. The summed E-state index contributed by atoms with van der Waals surface area (Å²) in [7, 11) is 2.04. The number of aliphatic hydroxyl groups is 1. The molecule has 3 heterocycles. The third-order valence-corrected chi connectivity index (χ3v) is 4.59. The van der Waals surface area contributed by atoms with E-state index in [0.717, 1.165) is 25.8 Å². The van der Waals surface area contributed by atoms with Crippen molar-refractivity contribution in [1.29, 1.82) is 0 Å². The number of hydrogen-bond acceptors (Lipinski definition) is 3. The minimum absolute atomic E-state index is 0.0727. The van der Waals surface area contributed by atoms with Gasteiger partial charge in [-0.2, -0.15) is 5.10 Å². The molecule has 3 rings (SSSR count). The van der Waals surface area contributed by atoms with Gasteiger partial charge in [0.2, 0.25) is 0 Å². The van der Waals surface area contributed by atoms with Crippen LogP contribution in [0.5, 0.6) is 0 Å². The summed E-state index contributed by atoms with van der Waals surface area (Å²) >= 11 is 0. The number of fused-ring (bicyclic) bond motifs is 2. The molecule has 100 valence electrons. The van der Waals surface area contributed by atoms with Crippen LogP contribution in [0, 0.1) is 0 Å². The van der Waals surface area contributed by atoms with Crippen molar-refractivity contribution in [2.75, 3.05) is 0 Å². The number of aromatic nitrogens is 2. The van der Waals surface area contributed by atoms with Gasteiger partial charge in [-0.05, 0) is 38.2 Å². The van der Waals surface area contributed by atoms with E-state index >= 15 is 0 Å². The lowest BCUT2D eigenvalue weighted by molar-refractivity contribution is 0.0298. The zero-order chi connectivity index (χ0) is 12.7. The molecule has 1 aromatic rings. The number of piperidine rings is 1. The van der Waals surface area contributed by atoms with E-state index in [0.29, 0.717) is 12.1 Å². The van der Waals surface area contributed by atoms with E-state index in [2.05, 4.69) is 23.0 Å². The molecular weight excluding hydrogens is 226 g/mol. The number of rotatable bonds is 3. The van der Waals surface area contributed by atoms with E-state index in [4.69, 9.17) is 0 Å². The van der Waals surface area contributed by atoms with E-state index in [1.165, 1.54) is 24.2 Å². The maximum absolute atomic E-state index is 9.83. The Morgan fingerprint density at radius 1 is 1.33 bits per heavy atom. The molecule has 2 fully saturated rings. The zero-order valence-corrected chi connectivity index (χ0v) is 11.3. The Kier molecular flexibility index (Phi) is 3.16. The molecule has 0 saturated carbocycles. The first kappa shape index (κ1) is 12.2. The highest BCUT2D eigenvalue weighted by molar-refractivity contribution is 5.11. The van der Waals surface area contributed by atoms with Gasteiger partial charge in [0.15, 0.2) is 0 Å². The topological polar surface area (TPSA) is 41.3 Å². The Labute approximate surface area is 109 Å². The fourth-order valence-electron chi connectivity index (χ4n) is 3.58. The van der Waals surface area contributed by atoms with Gasteiger partial charge in [-0.1, -0.05) is 6.92 Å². The van der Waals surface area contributed by atoms with Crippen molar-refractivity contribution < 1.29 is 5.11 Å². The third-order valence-electron chi connectivity index (χ3n) is 4.59. The van der Waals surface area contributed by atoms with E-state index in [9.17, 15) is 5.11 Å². The van der Waals surface area contributed by atoms with Crippen LogP contribution in [0.2, 0.25) is 0 Å². The molecule has 0 radical (unpaired) electrons. The standard InChI is InChI=1S/C14H23N3O/c1-3-10-6-13(16(2)15-10)9-17-11-4-5-12(17)8-14(18)7-11/h6,11-12,14,18H,3-5,7-9H2,1-2H3. The molecule has 0 spiro atoms. The molecule has 2 atom stereocenters. The van der Waals surface area contributed by atoms with E-state index in [1.807, 2.05) is 11.7 Å². The van der Waals surface area contributed by atoms with Crippen LogP contribution in [0.4, 0.5) is 0 Å². The maximum atomic E-state index is 9.83. The fraction of sp³-hybridized carbons (Fsp3) is 0.786. The van der Waals surface area contributed by atoms with Crippen LogP contribution in [0.25, 0.3) is 0 Å². The number of nitrogens with zero attached hydrogens (tertiary/aromatic N) is 3. The van der Waals surface area contributed by atoms with E-state index < -0.39 is 0 Å². The first-order valence-corrected chi connectivity index (χ1v) is 7.13.